The topological polar surface area (TPSA) is 55.4 Å². The number of allylic oxidation sites excluding steroid dienone is 3. The molecule has 2 aromatic carbocycles. The van der Waals surface area contributed by atoms with E-state index < -0.39 is 35.0 Å². The van der Waals surface area contributed by atoms with Gasteiger partial charge in [0.25, 0.3) is 0 Å². The number of rotatable bonds is 20. The fraction of sp³-hybridized carbons (Fsp3) is 0.636. The van der Waals surface area contributed by atoms with Gasteiger partial charge >= 0.3 is 7.12 Å². The highest BCUT2D eigenvalue weighted by atomic mass is 28.4. The lowest BCUT2D eigenvalue weighted by atomic mass is 9.72. The van der Waals surface area contributed by atoms with Crippen LogP contribution < -0.4 is 0 Å². The Morgan fingerprint density at radius 2 is 1.09 bits per heavy atom. The summed E-state index contributed by atoms with van der Waals surface area (Å²) in [5, 5.41) is 0.180. The second kappa shape index (κ2) is 18.9. The molecular weight excluding hydrogens is 691 g/mol. The first-order chi connectivity index (χ1) is 24.4. The Hall–Kier alpha value is -1.82. The monoisotopic (exact) mass is 765 g/mol. The Kier molecular flexibility index (Phi) is 16.2. The van der Waals surface area contributed by atoms with Crippen molar-refractivity contribution < 1.29 is 27.6 Å². The smallest absolute Gasteiger partial charge is 0.412 e. The van der Waals surface area contributed by atoms with Gasteiger partial charge in [0, 0.05) is 0 Å². The van der Waals surface area contributed by atoms with Gasteiger partial charge in [-0.05, 0) is 106 Å². The molecule has 296 valence electrons. The van der Waals surface area contributed by atoms with Crippen LogP contribution >= 0.6 is 0 Å². The molecule has 6 nitrogen and oxygen atoms in total. The average molecular weight is 765 g/mol. The van der Waals surface area contributed by atoms with Crippen molar-refractivity contribution in [3.05, 3.63) is 95.5 Å². The SMILES string of the molecule is C=C(CCC(COCc1ccccc1)O[Si](C)(C)C(C)(C)C)/C(=C/CCC(COCc1ccccc1)O[Si](C)(C)C(C)(C)C)B1OC(C)(C)C(C)(C)O1. The standard InChI is InChI=1S/C44H73BO6Si2/c1-35(29-30-39(49-53(14,15)42(5,6)7)34-47-32-37-25-20-17-21-26-37)40(45-50-43(8,9)44(10,11)51-45)28-22-27-38(48-52(12,13)41(2,3)4)33-46-31-36-23-18-16-19-24-36/h16-21,23-26,28,38-39H,1,22,27,29-34H2,2-15H3/b40-28-. The number of benzene rings is 2. The second-order valence-electron chi connectivity index (χ2n) is 19.0. The second-order valence-corrected chi connectivity index (χ2v) is 28.5. The van der Waals surface area contributed by atoms with Gasteiger partial charge < -0.3 is 27.6 Å². The van der Waals surface area contributed by atoms with Crippen LogP contribution in [-0.2, 0) is 40.8 Å². The van der Waals surface area contributed by atoms with Crippen molar-refractivity contribution in [2.45, 2.75) is 168 Å². The maximum Gasteiger partial charge on any atom is 0.494 e. The molecule has 53 heavy (non-hydrogen) atoms. The molecular formula is C44H73BO6Si2. The first kappa shape index (κ1) is 45.6. The van der Waals surface area contributed by atoms with Gasteiger partial charge in [-0.1, -0.05) is 120 Å². The molecule has 0 amide bonds. The van der Waals surface area contributed by atoms with Gasteiger partial charge in [-0.3, -0.25) is 0 Å². The van der Waals surface area contributed by atoms with Gasteiger partial charge in [-0.2, -0.15) is 0 Å². The van der Waals surface area contributed by atoms with Gasteiger partial charge in [0.15, 0.2) is 16.6 Å². The van der Waals surface area contributed by atoms with Crippen LogP contribution in [0.15, 0.2) is 84.4 Å². The van der Waals surface area contributed by atoms with E-state index in [1.165, 1.54) is 5.56 Å². The lowest BCUT2D eigenvalue weighted by Gasteiger charge is -2.39. The molecule has 0 bridgehead atoms. The van der Waals surface area contributed by atoms with Crippen molar-refractivity contribution in [2.75, 3.05) is 13.2 Å². The van der Waals surface area contributed by atoms with Crippen LogP contribution in [0.5, 0.6) is 0 Å². The zero-order chi connectivity index (χ0) is 39.7. The maximum absolute atomic E-state index is 6.98. The molecule has 1 aliphatic rings. The molecule has 3 rings (SSSR count). The zero-order valence-corrected chi connectivity index (χ0v) is 37.9. The van der Waals surface area contributed by atoms with Gasteiger partial charge in [-0.15, -0.1) is 0 Å². The van der Waals surface area contributed by atoms with Gasteiger partial charge in [0.2, 0.25) is 0 Å². The van der Waals surface area contributed by atoms with E-state index >= 15 is 0 Å². The number of hydrogen-bond donors (Lipinski definition) is 0. The fourth-order valence-corrected chi connectivity index (χ4v) is 8.33. The van der Waals surface area contributed by atoms with Crippen LogP contribution in [0, 0.1) is 0 Å². The molecule has 1 saturated heterocycles. The molecule has 0 aromatic heterocycles. The Balaban J connectivity index is 1.81. The summed E-state index contributed by atoms with van der Waals surface area (Å²) in [7, 11) is -4.60. The van der Waals surface area contributed by atoms with Crippen molar-refractivity contribution in [2.24, 2.45) is 0 Å². The highest BCUT2D eigenvalue weighted by molar-refractivity contribution is 6.74. The summed E-state index contributed by atoms with van der Waals surface area (Å²) in [5.74, 6) is 0. The average Bonchev–Trinajstić information content (AvgIpc) is 3.26. The molecule has 9 heteroatoms. The minimum atomic E-state index is -2.06. The molecule has 2 aromatic rings. The summed E-state index contributed by atoms with van der Waals surface area (Å²) in [6, 6.07) is 20.7. The molecule has 0 N–H and O–H groups in total. The molecule has 1 fully saturated rings. The molecule has 0 aliphatic carbocycles. The minimum absolute atomic E-state index is 0.0344. The Labute approximate surface area is 326 Å². The highest BCUT2D eigenvalue weighted by Crippen LogP contribution is 2.42. The maximum atomic E-state index is 6.98. The van der Waals surface area contributed by atoms with Crippen LogP contribution in [-0.4, -0.2) is 60.4 Å². The lowest BCUT2D eigenvalue weighted by Crippen LogP contribution is -2.45. The largest absolute Gasteiger partial charge is 0.494 e. The van der Waals surface area contributed by atoms with E-state index in [4.69, 9.17) is 27.6 Å². The van der Waals surface area contributed by atoms with E-state index in [-0.39, 0.29) is 22.3 Å². The van der Waals surface area contributed by atoms with E-state index in [9.17, 15) is 0 Å². The third-order valence-corrected chi connectivity index (χ3v) is 21.0. The third kappa shape index (κ3) is 13.7. The van der Waals surface area contributed by atoms with E-state index in [0.717, 1.165) is 42.3 Å². The van der Waals surface area contributed by atoms with Crippen molar-refractivity contribution in [1.82, 2.24) is 0 Å². The summed E-state index contributed by atoms with van der Waals surface area (Å²) < 4.78 is 39.8. The van der Waals surface area contributed by atoms with Crippen LogP contribution in [0.2, 0.25) is 36.3 Å². The van der Waals surface area contributed by atoms with Crippen LogP contribution in [0.4, 0.5) is 0 Å². The van der Waals surface area contributed by atoms with Crippen LogP contribution in [0.1, 0.15) is 106 Å². The minimum Gasteiger partial charge on any atom is -0.412 e. The molecule has 0 radical (unpaired) electrons. The Morgan fingerprint density at radius 1 is 0.698 bits per heavy atom. The summed E-state index contributed by atoms with van der Waals surface area (Å²) in [4.78, 5) is 0. The summed E-state index contributed by atoms with van der Waals surface area (Å²) in [6.45, 7) is 38.2. The molecule has 2 atom stereocenters. The van der Waals surface area contributed by atoms with Crippen molar-refractivity contribution in [1.29, 1.82) is 0 Å². The summed E-state index contributed by atoms with van der Waals surface area (Å²) >= 11 is 0. The molecule has 0 saturated carbocycles. The first-order valence-electron chi connectivity index (χ1n) is 19.8. The molecule has 2 unspecified atom stereocenters. The van der Waals surface area contributed by atoms with E-state index in [1.807, 2.05) is 12.1 Å². The quantitative estimate of drug-likeness (QED) is 0.0988. The lowest BCUT2D eigenvalue weighted by molar-refractivity contribution is 0.00578. The van der Waals surface area contributed by atoms with Crippen molar-refractivity contribution in [3.8, 4) is 0 Å². The first-order valence-corrected chi connectivity index (χ1v) is 25.6. The summed E-state index contributed by atoms with van der Waals surface area (Å²) in [6.07, 6.45) is 5.33. The van der Waals surface area contributed by atoms with Crippen molar-refractivity contribution in [3.63, 3.8) is 0 Å². The van der Waals surface area contributed by atoms with Gasteiger partial charge in [-0.25, -0.2) is 0 Å². The Bertz CT molecular complexity index is 1430. The van der Waals surface area contributed by atoms with Crippen molar-refractivity contribution >= 4 is 23.8 Å². The van der Waals surface area contributed by atoms with Crippen LogP contribution in [0.3, 0.4) is 0 Å². The van der Waals surface area contributed by atoms with E-state index in [2.05, 4.69) is 157 Å². The predicted molar refractivity (Wildman–Crippen MR) is 228 cm³/mol. The van der Waals surface area contributed by atoms with Gasteiger partial charge in [0.1, 0.15) is 0 Å². The number of ether oxygens (including phenoxy) is 2. The zero-order valence-electron chi connectivity index (χ0n) is 35.9. The van der Waals surface area contributed by atoms with E-state index in [1.54, 1.807) is 0 Å². The molecule has 1 heterocycles. The highest BCUT2D eigenvalue weighted by Gasteiger charge is 2.52. The van der Waals surface area contributed by atoms with E-state index in [0.29, 0.717) is 26.4 Å². The fourth-order valence-electron chi connectivity index (χ4n) is 5.59. The molecule has 0 spiro atoms. The number of hydrogen-bond acceptors (Lipinski definition) is 6. The third-order valence-electron chi connectivity index (χ3n) is 11.9. The van der Waals surface area contributed by atoms with Gasteiger partial charge in [0.05, 0.1) is 49.8 Å². The van der Waals surface area contributed by atoms with Crippen LogP contribution in [0.25, 0.3) is 0 Å². The normalized spacial score (nSPS) is 17.9. The summed E-state index contributed by atoms with van der Waals surface area (Å²) in [5.41, 5.74) is 3.42. The molecule has 1 aliphatic heterocycles. The predicted octanol–water partition coefficient (Wildman–Crippen LogP) is 11.9. The Morgan fingerprint density at radius 3 is 1.49 bits per heavy atom.